The van der Waals surface area contributed by atoms with Gasteiger partial charge in [-0.15, -0.1) is 0 Å². The van der Waals surface area contributed by atoms with Crippen LogP contribution in [-0.4, -0.2) is 81.6 Å². The third kappa shape index (κ3) is 5.88. The summed E-state index contributed by atoms with van der Waals surface area (Å²) in [4.78, 5) is 28.7. The Labute approximate surface area is 198 Å². The van der Waals surface area contributed by atoms with Gasteiger partial charge in [0.2, 0.25) is 5.91 Å². The normalized spacial score (nSPS) is 22.5. The average molecular weight is 476 g/mol. The minimum absolute atomic E-state index is 0.0131. The highest BCUT2D eigenvalue weighted by Gasteiger charge is 2.40. The van der Waals surface area contributed by atoms with E-state index < -0.39 is 17.7 Å². The molecule has 178 valence electrons. The molecule has 0 unspecified atom stereocenters. The molecule has 6 nitrogen and oxygen atoms in total. The van der Waals surface area contributed by atoms with E-state index >= 15 is 0 Å². The van der Waals surface area contributed by atoms with Crippen LogP contribution in [0.15, 0.2) is 29.4 Å². The van der Waals surface area contributed by atoms with E-state index in [2.05, 4.69) is 21.9 Å². The van der Waals surface area contributed by atoms with Crippen LogP contribution >= 0.6 is 11.8 Å². The Balaban J connectivity index is 1.55. The number of nitrogens with zero attached hydrogens (tertiary/aromatic N) is 5. The van der Waals surface area contributed by atoms with Crippen LogP contribution in [-0.2, 0) is 11.3 Å². The molecule has 2 aliphatic rings. The van der Waals surface area contributed by atoms with E-state index in [1.807, 2.05) is 29.7 Å². The number of thioether (sulfide) groups is 1. The van der Waals surface area contributed by atoms with Gasteiger partial charge in [0, 0.05) is 54.9 Å². The third-order valence-corrected chi connectivity index (χ3v) is 7.41. The molecule has 2 fully saturated rings. The molecule has 0 spiro atoms. The molecule has 0 bridgehead atoms. The Bertz CT molecular complexity index is 966. The zero-order chi connectivity index (χ0) is 23.5. The number of aryl methyl sites for hydroxylation is 2. The quantitative estimate of drug-likeness (QED) is 0.619. The summed E-state index contributed by atoms with van der Waals surface area (Å²) in [5.41, 5.74) is 1.81. The molecule has 1 aromatic carbocycles. The highest BCUT2D eigenvalue weighted by atomic mass is 32.2. The van der Waals surface area contributed by atoms with Crippen LogP contribution in [0.5, 0.6) is 0 Å². The van der Waals surface area contributed by atoms with Crippen molar-refractivity contribution in [3.63, 3.8) is 0 Å². The summed E-state index contributed by atoms with van der Waals surface area (Å²) >= 11 is 1.54. The smallest absolute Gasteiger partial charge is 0.240 e. The summed E-state index contributed by atoms with van der Waals surface area (Å²) in [6, 6.07) is 5.41. The Hall–Kier alpha value is -2.10. The first-order valence-electron chi connectivity index (χ1n) is 11.4. The number of hydrogen-bond donors (Lipinski definition) is 0. The lowest BCUT2D eigenvalue weighted by Crippen LogP contribution is -2.46. The molecular weight excluding hydrogens is 444 g/mol. The molecule has 2 aromatic rings. The lowest BCUT2D eigenvalue weighted by molar-refractivity contribution is -0.136. The van der Waals surface area contributed by atoms with E-state index in [1.54, 1.807) is 11.8 Å². The number of carbonyl (C=O) groups is 1. The number of benzene rings is 1. The second-order valence-corrected chi connectivity index (χ2v) is 10.3. The molecule has 2 aliphatic heterocycles. The lowest BCUT2D eigenvalue weighted by atomic mass is 10.1. The second kappa shape index (κ2) is 10.4. The van der Waals surface area contributed by atoms with Crippen LogP contribution in [0.1, 0.15) is 29.8 Å². The number of aromatic nitrogens is 2. The fourth-order valence-electron chi connectivity index (χ4n) is 4.64. The van der Waals surface area contributed by atoms with Gasteiger partial charge in [-0.1, -0.05) is 17.8 Å². The van der Waals surface area contributed by atoms with Crippen molar-refractivity contribution in [1.29, 1.82) is 0 Å². The predicted molar refractivity (Wildman–Crippen MR) is 125 cm³/mol. The zero-order valence-corrected chi connectivity index (χ0v) is 20.2. The number of rotatable bonds is 5. The molecule has 9 heteroatoms. The third-order valence-electron chi connectivity index (χ3n) is 6.34. The lowest BCUT2D eigenvalue weighted by Gasteiger charge is -2.29. The van der Waals surface area contributed by atoms with Crippen molar-refractivity contribution in [3.8, 4) is 0 Å². The largest absolute Gasteiger partial charge is 0.340 e. The minimum Gasteiger partial charge on any atom is -0.340 e. The van der Waals surface area contributed by atoms with Gasteiger partial charge in [-0.25, -0.2) is 18.7 Å². The number of amides is 1. The van der Waals surface area contributed by atoms with Crippen LogP contribution in [0.3, 0.4) is 0 Å². The molecule has 1 amide bonds. The topological polar surface area (TPSA) is 52.6 Å². The number of halogens is 2. The highest BCUT2D eigenvalue weighted by molar-refractivity contribution is 7.99. The first kappa shape index (κ1) is 24.0. The molecule has 2 atom stereocenters. The van der Waals surface area contributed by atoms with Crippen molar-refractivity contribution >= 4 is 17.7 Å². The van der Waals surface area contributed by atoms with E-state index in [0.717, 1.165) is 30.9 Å². The number of carbonyl (C=O) groups excluding carboxylic acids is 1. The van der Waals surface area contributed by atoms with Gasteiger partial charge >= 0.3 is 0 Å². The summed E-state index contributed by atoms with van der Waals surface area (Å²) in [7, 11) is 2.06. The summed E-state index contributed by atoms with van der Waals surface area (Å²) < 4.78 is 28.8. The van der Waals surface area contributed by atoms with Gasteiger partial charge in [0.25, 0.3) is 0 Å². The van der Waals surface area contributed by atoms with Crippen molar-refractivity contribution in [3.05, 3.63) is 52.9 Å². The van der Waals surface area contributed by atoms with Gasteiger partial charge in [-0.05, 0) is 58.5 Å². The summed E-state index contributed by atoms with van der Waals surface area (Å²) in [5, 5.41) is 0.739. The van der Waals surface area contributed by atoms with Gasteiger partial charge in [0.05, 0.1) is 6.04 Å². The van der Waals surface area contributed by atoms with Crippen molar-refractivity contribution < 1.29 is 13.6 Å². The van der Waals surface area contributed by atoms with E-state index in [0.29, 0.717) is 31.2 Å². The van der Waals surface area contributed by atoms with E-state index in [4.69, 9.17) is 0 Å². The van der Waals surface area contributed by atoms with Crippen LogP contribution in [0.25, 0.3) is 0 Å². The van der Waals surface area contributed by atoms with Crippen molar-refractivity contribution in [1.82, 2.24) is 24.7 Å². The number of hydrogen-bond acceptors (Lipinski definition) is 6. The molecule has 0 aliphatic carbocycles. The fraction of sp³-hybridized carbons (Fsp3) is 0.542. The number of likely N-dealkylation sites (N-methyl/N-ethyl adjacent to an activating group) is 1. The molecule has 4 rings (SSSR count). The Morgan fingerprint density at radius 2 is 1.79 bits per heavy atom. The van der Waals surface area contributed by atoms with Gasteiger partial charge in [0.1, 0.15) is 11.6 Å². The highest BCUT2D eigenvalue weighted by Crippen LogP contribution is 2.34. The fourth-order valence-corrected chi connectivity index (χ4v) is 5.87. The van der Waals surface area contributed by atoms with Gasteiger partial charge in [0.15, 0.2) is 5.16 Å². The molecule has 1 aromatic heterocycles. The average Bonchev–Trinajstić information content (AvgIpc) is 3.00. The van der Waals surface area contributed by atoms with Crippen LogP contribution in [0.2, 0.25) is 0 Å². The number of likely N-dealkylation sites (tertiary alicyclic amines) is 1. The maximum absolute atomic E-state index is 14.4. The standard InChI is InChI=1S/C24H31F2N5OS/c1-16-12-17(2)28-24(27-16)33-18-13-22(23(32)30-9-5-8-29(3)10-11-30)31(14-18)15-19-20(25)6-4-7-21(19)26/h4,6-7,12,18,22H,5,8-11,13-15H2,1-3H3/t18-,22+/m1/s1. The Morgan fingerprint density at radius 3 is 2.48 bits per heavy atom. The molecule has 3 heterocycles. The zero-order valence-electron chi connectivity index (χ0n) is 19.4. The molecule has 33 heavy (non-hydrogen) atoms. The SMILES string of the molecule is Cc1cc(C)nc(S[C@@H]2C[C@@H](C(=O)N3CCCN(C)CC3)N(Cc3c(F)cccc3F)C2)n1. The van der Waals surface area contributed by atoms with E-state index in [-0.39, 0.29) is 23.3 Å². The predicted octanol–water partition coefficient (Wildman–Crippen LogP) is 3.27. The van der Waals surface area contributed by atoms with E-state index in [1.165, 1.54) is 18.2 Å². The second-order valence-electron chi connectivity index (χ2n) is 9.04. The van der Waals surface area contributed by atoms with Crippen molar-refractivity contribution in [2.75, 3.05) is 39.8 Å². The summed E-state index contributed by atoms with van der Waals surface area (Å²) in [5.74, 6) is -1.11. The van der Waals surface area contributed by atoms with Crippen LogP contribution in [0, 0.1) is 25.5 Å². The first-order chi connectivity index (χ1) is 15.8. The monoisotopic (exact) mass is 475 g/mol. The first-order valence-corrected chi connectivity index (χ1v) is 12.3. The van der Waals surface area contributed by atoms with E-state index in [9.17, 15) is 13.6 Å². The maximum Gasteiger partial charge on any atom is 0.240 e. The summed E-state index contributed by atoms with van der Waals surface area (Å²) in [6.45, 7) is 7.64. The van der Waals surface area contributed by atoms with Crippen molar-refractivity contribution in [2.24, 2.45) is 0 Å². The van der Waals surface area contributed by atoms with Gasteiger partial charge in [-0.2, -0.15) is 0 Å². The maximum atomic E-state index is 14.4. The summed E-state index contributed by atoms with van der Waals surface area (Å²) in [6.07, 6.45) is 1.52. The van der Waals surface area contributed by atoms with Crippen LogP contribution in [0.4, 0.5) is 8.78 Å². The van der Waals surface area contributed by atoms with Gasteiger partial charge < -0.3 is 9.80 Å². The van der Waals surface area contributed by atoms with Crippen molar-refractivity contribution in [2.45, 2.75) is 49.7 Å². The molecule has 0 saturated carbocycles. The van der Waals surface area contributed by atoms with Gasteiger partial charge in [-0.3, -0.25) is 9.69 Å². The Morgan fingerprint density at radius 1 is 1.09 bits per heavy atom. The molecular formula is C24H31F2N5OS. The Kier molecular flexibility index (Phi) is 7.61. The van der Waals surface area contributed by atoms with Crippen LogP contribution < -0.4 is 0 Å². The molecule has 0 radical (unpaired) electrons. The molecule has 2 saturated heterocycles. The minimum atomic E-state index is -0.577. The molecule has 0 N–H and O–H groups in total.